The van der Waals surface area contributed by atoms with E-state index >= 15 is 0 Å². The van der Waals surface area contributed by atoms with Gasteiger partial charge in [0.1, 0.15) is 0 Å². The molecule has 0 aromatic rings. The highest BCUT2D eigenvalue weighted by Gasteiger charge is 2.46. The molecule has 16 heavy (non-hydrogen) atoms. The van der Waals surface area contributed by atoms with Crippen molar-refractivity contribution in [3.63, 3.8) is 0 Å². The first-order valence-electron chi connectivity index (χ1n) is 5.72. The normalized spacial score (nSPS) is 31.0. The van der Waals surface area contributed by atoms with Crippen LogP contribution in [0.25, 0.3) is 0 Å². The van der Waals surface area contributed by atoms with Crippen LogP contribution in [0.3, 0.4) is 0 Å². The van der Waals surface area contributed by atoms with Crippen molar-refractivity contribution in [2.24, 2.45) is 10.6 Å². The Morgan fingerprint density at radius 2 is 2.00 bits per heavy atom. The van der Waals surface area contributed by atoms with Crippen molar-refractivity contribution in [3.05, 3.63) is 0 Å². The van der Waals surface area contributed by atoms with Crippen molar-refractivity contribution >= 4 is 10.0 Å². The van der Waals surface area contributed by atoms with Crippen LogP contribution in [0.2, 0.25) is 0 Å². The van der Waals surface area contributed by atoms with Crippen LogP contribution in [0.4, 0.5) is 0 Å². The minimum atomic E-state index is -3.44. The maximum atomic E-state index is 11.2. The van der Waals surface area contributed by atoms with Gasteiger partial charge in [0.2, 0.25) is 10.0 Å². The van der Waals surface area contributed by atoms with E-state index < -0.39 is 10.0 Å². The van der Waals surface area contributed by atoms with Gasteiger partial charge in [-0.15, -0.1) is 0 Å². The van der Waals surface area contributed by atoms with Crippen LogP contribution in [0, 0.1) is 5.41 Å². The summed E-state index contributed by atoms with van der Waals surface area (Å²) >= 11 is 0. The van der Waals surface area contributed by atoms with Crippen molar-refractivity contribution < 1.29 is 13.2 Å². The number of hydrogen-bond acceptors (Lipinski definition) is 4. The van der Waals surface area contributed by atoms with Crippen LogP contribution in [-0.2, 0) is 14.8 Å². The molecule has 0 aromatic heterocycles. The predicted molar refractivity (Wildman–Crippen MR) is 61.5 cm³/mol. The average molecular weight is 248 g/mol. The van der Waals surface area contributed by atoms with Crippen LogP contribution in [-0.4, -0.2) is 51.9 Å². The number of ether oxygens (including phenoxy) is 1. The van der Waals surface area contributed by atoms with Gasteiger partial charge in [-0.1, -0.05) is 0 Å². The third kappa shape index (κ3) is 2.56. The van der Waals surface area contributed by atoms with Gasteiger partial charge < -0.3 is 9.64 Å². The molecule has 0 bridgehead atoms. The first-order chi connectivity index (χ1) is 7.41. The maximum Gasteiger partial charge on any atom is 0.211 e. The molecule has 0 amide bonds. The minimum absolute atomic E-state index is 0.0310. The number of primary sulfonamides is 1. The summed E-state index contributed by atoms with van der Waals surface area (Å²) in [5.41, 5.74) is 0.0545. The van der Waals surface area contributed by atoms with Crippen molar-refractivity contribution in [2.75, 3.05) is 32.5 Å². The first kappa shape index (κ1) is 12.3. The van der Waals surface area contributed by atoms with E-state index in [2.05, 4.69) is 11.9 Å². The smallest absolute Gasteiger partial charge is 0.211 e. The number of nitrogens with zero attached hydrogens (tertiary/aromatic N) is 1. The van der Waals surface area contributed by atoms with Gasteiger partial charge in [0.15, 0.2) is 0 Å². The molecule has 5 nitrogen and oxygen atoms in total. The highest BCUT2D eigenvalue weighted by Crippen LogP contribution is 2.44. The summed E-state index contributed by atoms with van der Waals surface area (Å²) in [7, 11) is -1.34. The third-order valence-electron chi connectivity index (χ3n) is 3.97. The Kier molecular flexibility index (Phi) is 3.27. The zero-order valence-corrected chi connectivity index (χ0v) is 10.5. The Labute approximate surface area is 97.0 Å². The molecule has 2 rings (SSSR count). The number of rotatable bonds is 2. The van der Waals surface area contributed by atoms with Gasteiger partial charge in [-0.2, -0.15) is 0 Å². The van der Waals surface area contributed by atoms with Crippen LogP contribution in [0.1, 0.15) is 19.3 Å². The fourth-order valence-corrected chi connectivity index (χ4v) is 3.69. The highest BCUT2D eigenvalue weighted by molar-refractivity contribution is 7.89. The quantitative estimate of drug-likeness (QED) is 0.733. The number of nitrogens with two attached hydrogens (primary N) is 1. The van der Waals surface area contributed by atoms with Gasteiger partial charge in [0.25, 0.3) is 0 Å². The molecule has 6 heteroatoms. The molecule has 0 saturated carbocycles. The fraction of sp³-hybridized carbons (Fsp3) is 1.00. The largest absolute Gasteiger partial charge is 0.377 e. The van der Waals surface area contributed by atoms with E-state index in [0.717, 1.165) is 32.4 Å². The van der Waals surface area contributed by atoms with Crippen molar-refractivity contribution in [1.82, 2.24) is 4.90 Å². The molecule has 2 heterocycles. The van der Waals surface area contributed by atoms with Crippen molar-refractivity contribution in [2.45, 2.75) is 25.4 Å². The van der Waals surface area contributed by atoms with Gasteiger partial charge >= 0.3 is 0 Å². The lowest BCUT2D eigenvalue weighted by Gasteiger charge is -2.40. The maximum absolute atomic E-state index is 11.2. The third-order valence-corrected chi connectivity index (χ3v) is 4.74. The Balaban J connectivity index is 2.08. The molecule has 94 valence electrons. The molecule has 2 aliphatic rings. The number of hydrogen-bond donors (Lipinski definition) is 1. The zero-order chi connectivity index (χ0) is 11.8. The number of sulfonamides is 1. The molecule has 1 unspecified atom stereocenters. The summed E-state index contributed by atoms with van der Waals surface area (Å²) in [6, 6.07) is 0. The lowest BCUT2D eigenvalue weighted by molar-refractivity contribution is 0.0281. The summed E-state index contributed by atoms with van der Waals surface area (Å²) in [5.74, 6) is -0.0310. The Bertz CT molecular complexity index is 347. The summed E-state index contributed by atoms with van der Waals surface area (Å²) in [6.07, 6.45) is 2.81. The molecule has 1 atom stereocenters. The van der Waals surface area contributed by atoms with Gasteiger partial charge in [-0.3, -0.25) is 0 Å². The minimum Gasteiger partial charge on any atom is -0.377 e. The summed E-state index contributed by atoms with van der Waals surface area (Å²) in [4.78, 5) is 2.28. The monoisotopic (exact) mass is 248 g/mol. The first-order valence-corrected chi connectivity index (χ1v) is 7.43. The lowest BCUT2D eigenvalue weighted by atomic mass is 9.73. The molecular formula is C10H20N2O3S. The van der Waals surface area contributed by atoms with Crippen molar-refractivity contribution in [3.8, 4) is 0 Å². The van der Waals surface area contributed by atoms with E-state index in [1.807, 2.05) is 0 Å². The van der Waals surface area contributed by atoms with E-state index in [1.165, 1.54) is 0 Å². The topological polar surface area (TPSA) is 72.6 Å². The standard InChI is InChI=1S/C10H20N2O3S/c1-12-5-2-10(3-6-12)4-7-15-9(10)8-16(11,13)14/h9H,2-8H2,1H3,(H2,11,13,14). The predicted octanol–water partition coefficient (Wildman–Crippen LogP) is -0.224. The molecule has 0 aliphatic carbocycles. The average Bonchev–Trinajstić information content (AvgIpc) is 2.52. The summed E-state index contributed by atoms with van der Waals surface area (Å²) < 4.78 is 27.9. The van der Waals surface area contributed by atoms with Crippen LogP contribution in [0.5, 0.6) is 0 Å². The second kappa shape index (κ2) is 4.25. The van der Waals surface area contributed by atoms with E-state index in [4.69, 9.17) is 9.88 Å². The van der Waals surface area contributed by atoms with Gasteiger partial charge in [-0.05, 0) is 39.4 Å². The molecular weight excluding hydrogens is 228 g/mol. The van der Waals surface area contributed by atoms with Crippen LogP contribution >= 0.6 is 0 Å². The summed E-state index contributed by atoms with van der Waals surface area (Å²) in [5, 5.41) is 5.11. The highest BCUT2D eigenvalue weighted by atomic mass is 32.2. The Morgan fingerprint density at radius 3 is 2.56 bits per heavy atom. The zero-order valence-electron chi connectivity index (χ0n) is 9.68. The molecule has 2 aliphatic heterocycles. The van der Waals surface area contributed by atoms with Gasteiger partial charge in [-0.25, -0.2) is 13.6 Å². The molecule has 1 spiro atoms. The second-order valence-corrected chi connectivity index (χ2v) is 6.76. The summed E-state index contributed by atoms with van der Waals surface area (Å²) in [6.45, 7) is 2.71. The van der Waals surface area contributed by atoms with E-state index in [1.54, 1.807) is 0 Å². The van der Waals surface area contributed by atoms with Gasteiger partial charge in [0, 0.05) is 12.0 Å². The molecule has 2 saturated heterocycles. The number of likely N-dealkylation sites (tertiary alicyclic amines) is 1. The molecule has 0 radical (unpaired) electrons. The molecule has 0 aromatic carbocycles. The lowest BCUT2D eigenvalue weighted by Crippen LogP contribution is -2.45. The van der Waals surface area contributed by atoms with Crippen LogP contribution in [0.15, 0.2) is 0 Å². The number of piperidine rings is 1. The SMILES string of the molecule is CN1CCC2(CCOC2CS(N)(=O)=O)CC1. The Morgan fingerprint density at radius 1 is 1.38 bits per heavy atom. The fourth-order valence-electron chi connectivity index (χ4n) is 2.81. The van der Waals surface area contributed by atoms with E-state index in [9.17, 15) is 8.42 Å². The molecule has 2 fully saturated rings. The Hall–Kier alpha value is -0.170. The van der Waals surface area contributed by atoms with E-state index in [-0.39, 0.29) is 17.3 Å². The van der Waals surface area contributed by atoms with Crippen LogP contribution < -0.4 is 5.14 Å². The van der Waals surface area contributed by atoms with E-state index in [0.29, 0.717) is 6.61 Å². The van der Waals surface area contributed by atoms with Crippen molar-refractivity contribution in [1.29, 1.82) is 0 Å². The van der Waals surface area contributed by atoms with Gasteiger partial charge in [0.05, 0.1) is 11.9 Å². The molecule has 2 N–H and O–H groups in total. The second-order valence-electron chi connectivity index (χ2n) is 5.10.